The van der Waals surface area contributed by atoms with Crippen LogP contribution in [0.5, 0.6) is 0 Å². The van der Waals surface area contributed by atoms with Crippen LogP contribution in [0.1, 0.15) is 0 Å². The standard InChI is InChI=1S/C7H11BrO3/c1-2-7(9)11-6-5-10-4-3-8/h2H,1,3-6H2. The fourth-order valence-electron chi connectivity index (χ4n) is 0.417. The first-order valence-corrected chi connectivity index (χ1v) is 4.36. The van der Waals surface area contributed by atoms with Gasteiger partial charge in [0, 0.05) is 11.4 Å². The van der Waals surface area contributed by atoms with E-state index in [0.717, 1.165) is 11.4 Å². The molecule has 0 spiro atoms. The second-order valence-electron chi connectivity index (χ2n) is 1.67. The molecular weight excluding hydrogens is 212 g/mol. The molecule has 0 rings (SSSR count). The molecule has 0 aliphatic carbocycles. The van der Waals surface area contributed by atoms with E-state index in [1.165, 1.54) is 0 Å². The van der Waals surface area contributed by atoms with E-state index in [-0.39, 0.29) is 6.61 Å². The van der Waals surface area contributed by atoms with E-state index >= 15 is 0 Å². The summed E-state index contributed by atoms with van der Waals surface area (Å²) in [4.78, 5) is 10.4. The van der Waals surface area contributed by atoms with Gasteiger partial charge in [-0.3, -0.25) is 0 Å². The minimum atomic E-state index is -0.410. The van der Waals surface area contributed by atoms with Crippen LogP contribution in [0.3, 0.4) is 0 Å². The van der Waals surface area contributed by atoms with Crippen molar-refractivity contribution in [3.05, 3.63) is 12.7 Å². The van der Waals surface area contributed by atoms with Gasteiger partial charge in [0.1, 0.15) is 6.61 Å². The van der Waals surface area contributed by atoms with E-state index in [2.05, 4.69) is 27.2 Å². The molecule has 0 aromatic rings. The maximum Gasteiger partial charge on any atom is 0.330 e. The number of rotatable bonds is 6. The number of esters is 1. The maximum absolute atomic E-state index is 10.4. The first-order chi connectivity index (χ1) is 5.31. The lowest BCUT2D eigenvalue weighted by molar-refractivity contribution is -0.139. The zero-order valence-electron chi connectivity index (χ0n) is 6.22. The summed E-state index contributed by atoms with van der Waals surface area (Å²) in [6, 6.07) is 0. The Morgan fingerprint density at radius 1 is 1.45 bits per heavy atom. The summed E-state index contributed by atoms with van der Waals surface area (Å²) < 4.78 is 9.66. The van der Waals surface area contributed by atoms with Gasteiger partial charge in [0.2, 0.25) is 0 Å². The number of halogens is 1. The van der Waals surface area contributed by atoms with Gasteiger partial charge in [-0.15, -0.1) is 0 Å². The maximum atomic E-state index is 10.4. The Labute approximate surface area is 74.5 Å². The minimum Gasteiger partial charge on any atom is -0.460 e. The Hall–Kier alpha value is -0.350. The van der Waals surface area contributed by atoms with Gasteiger partial charge in [-0.25, -0.2) is 4.79 Å². The molecule has 0 heterocycles. The Morgan fingerprint density at radius 2 is 2.18 bits per heavy atom. The van der Waals surface area contributed by atoms with E-state index in [1.807, 2.05) is 0 Å². The first-order valence-electron chi connectivity index (χ1n) is 3.24. The highest BCUT2D eigenvalue weighted by molar-refractivity contribution is 9.09. The Balaban J connectivity index is 3.01. The van der Waals surface area contributed by atoms with Gasteiger partial charge < -0.3 is 9.47 Å². The quantitative estimate of drug-likeness (QED) is 0.293. The van der Waals surface area contributed by atoms with Crippen molar-refractivity contribution in [1.29, 1.82) is 0 Å². The second kappa shape index (κ2) is 7.75. The third kappa shape index (κ3) is 7.55. The Morgan fingerprint density at radius 3 is 2.73 bits per heavy atom. The number of hydrogen-bond acceptors (Lipinski definition) is 3. The Bertz CT molecular complexity index is 125. The molecule has 0 radical (unpaired) electrons. The number of ether oxygens (including phenoxy) is 2. The summed E-state index contributed by atoms with van der Waals surface area (Å²) in [5, 5.41) is 0.794. The van der Waals surface area contributed by atoms with Gasteiger partial charge >= 0.3 is 5.97 Å². The van der Waals surface area contributed by atoms with Crippen LogP contribution in [0, 0.1) is 0 Å². The van der Waals surface area contributed by atoms with E-state index in [9.17, 15) is 4.79 Å². The van der Waals surface area contributed by atoms with Gasteiger partial charge in [0.15, 0.2) is 0 Å². The van der Waals surface area contributed by atoms with E-state index in [0.29, 0.717) is 13.2 Å². The third-order valence-corrected chi connectivity index (χ3v) is 1.18. The van der Waals surface area contributed by atoms with E-state index in [1.54, 1.807) is 0 Å². The predicted octanol–water partition coefficient (Wildman–Crippen LogP) is 1.13. The molecule has 0 N–H and O–H groups in total. The smallest absolute Gasteiger partial charge is 0.330 e. The summed E-state index contributed by atoms with van der Waals surface area (Å²) in [7, 11) is 0. The molecule has 0 aliphatic rings. The predicted molar refractivity (Wildman–Crippen MR) is 45.8 cm³/mol. The molecular formula is C7H11BrO3. The molecule has 0 saturated carbocycles. The van der Waals surface area contributed by atoms with Crippen LogP contribution in [0.15, 0.2) is 12.7 Å². The minimum absolute atomic E-state index is 0.290. The van der Waals surface area contributed by atoms with Crippen LogP contribution in [-0.2, 0) is 14.3 Å². The van der Waals surface area contributed by atoms with Crippen molar-refractivity contribution in [2.45, 2.75) is 0 Å². The van der Waals surface area contributed by atoms with Crippen LogP contribution < -0.4 is 0 Å². The van der Waals surface area contributed by atoms with Crippen molar-refractivity contribution in [3.63, 3.8) is 0 Å². The molecule has 0 aromatic heterocycles. The third-order valence-electron chi connectivity index (χ3n) is 0.860. The van der Waals surface area contributed by atoms with Crippen molar-refractivity contribution in [3.8, 4) is 0 Å². The molecule has 0 bridgehead atoms. The molecule has 11 heavy (non-hydrogen) atoms. The summed E-state index contributed by atoms with van der Waals surface area (Å²) >= 11 is 3.20. The van der Waals surface area contributed by atoms with Crippen LogP contribution in [0.4, 0.5) is 0 Å². The topological polar surface area (TPSA) is 35.5 Å². The first kappa shape index (κ1) is 10.7. The van der Waals surface area contributed by atoms with Crippen molar-refractivity contribution in [2.24, 2.45) is 0 Å². The molecule has 0 aromatic carbocycles. The lowest BCUT2D eigenvalue weighted by Crippen LogP contribution is -2.09. The average molecular weight is 223 g/mol. The normalized spacial score (nSPS) is 9.18. The van der Waals surface area contributed by atoms with Gasteiger partial charge in [0.25, 0.3) is 0 Å². The lowest BCUT2D eigenvalue weighted by atomic mass is 10.6. The van der Waals surface area contributed by atoms with Crippen molar-refractivity contribution < 1.29 is 14.3 Å². The molecule has 0 unspecified atom stereocenters. The molecule has 3 nitrogen and oxygen atoms in total. The van der Waals surface area contributed by atoms with Crippen LogP contribution >= 0.6 is 15.9 Å². The largest absolute Gasteiger partial charge is 0.460 e. The summed E-state index contributed by atoms with van der Waals surface area (Å²) in [5.41, 5.74) is 0. The average Bonchev–Trinajstić information content (AvgIpc) is 2.04. The van der Waals surface area contributed by atoms with Crippen molar-refractivity contribution in [1.82, 2.24) is 0 Å². The monoisotopic (exact) mass is 222 g/mol. The number of carbonyl (C=O) groups is 1. The highest BCUT2D eigenvalue weighted by Crippen LogP contribution is 1.83. The molecule has 4 heteroatoms. The van der Waals surface area contributed by atoms with Crippen LogP contribution in [0.2, 0.25) is 0 Å². The fourth-order valence-corrected chi connectivity index (χ4v) is 0.646. The SMILES string of the molecule is C=CC(=O)OCCOCCBr. The number of hydrogen-bond donors (Lipinski definition) is 0. The molecule has 0 fully saturated rings. The van der Waals surface area contributed by atoms with Gasteiger partial charge in [-0.2, -0.15) is 0 Å². The second-order valence-corrected chi connectivity index (χ2v) is 2.47. The summed E-state index contributed by atoms with van der Waals surface area (Å²) in [5.74, 6) is -0.410. The molecule has 0 aliphatic heterocycles. The molecule has 0 atom stereocenters. The van der Waals surface area contributed by atoms with Crippen LogP contribution in [0.25, 0.3) is 0 Å². The molecule has 64 valence electrons. The lowest BCUT2D eigenvalue weighted by Gasteiger charge is -2.01. The van der Waals surface area contributed by atoms with Crippen molar-refractivity contribution in [2.75, 3.05) is 25.2 Å². The number of carbonyl (C=O) groups excluding carboxylic acids is 1. The zero-order chi connectivity index (χ0) is 8.53. The summed E-state index contributed by atoms with van der Waals surface area (Å²) in [6.07, 6.45) is 1.13. The number of alkyl halides is 1. The molecule has 0 amide bonds. The molecule has 0 saturated heterocycles. The van der Waals surface area contributed by atoms with E-state index in [4.69, 9.17) is 4.74 Å². The van der Waals surface area contributed by atoms with Crippen LogP contribution in [-0.4, -0.2) is 31.1 Å². The highest BCUT2D eigenvalue weighted by Gasteiger charge is 1.93. The van der Waals surface area contributed by atoms with Gasteiger partial charge in [-0.1, -0.05) is 22.5 Å². The van der Waals surface area contributed by atoms with Gasteiger partial charge in [0.05, 0.1) is 13.2 Å². The van der Waals surface area contributed by atoms with Gasteiger partial charge in [-0.05, 0) is 0 Å². The highest BCUT2D eigenvalue weighted by atomic mass is 79.9. The zero-order valence-corrected chi connectivity index (χ0v) is 7.80. The fraction of sp³-hybridized carbons (Fsp3) is 0.571. The van der Waals surface area contributed by atoms with Crippen molar-refractivity contribution >= 4 is 21.9 Å². The Kier molecular flexibility index (Phi) is 7.51. The summed E-state index contributed by atoms with van der Waals surface area (Å²) in [6.45, 7) is 4.61. The van der Waals surface area contributed by atoms with E-state index < -0.39 is 5.97 Å².